The van der Waals surface area contributed by atoms with Crippen LogP contribution in [-0.4, -0.2) is 42.9 Å². The molecule has 0 fully saturated rings. The monoisotopic (exact) mass is 467 g/mol. The predicted molar refractivity (Wildman–Crippen MR) is 131 cm³/mol. The Balaban J connectivity index is 1.37. The van der Waals surface area contributed by atoms with Crippen molar-refractivity contribution < 1.29 is 4.79 Å². The van der Waals surface area contributed by atoms with Gasteiger partial charge in [0.25, 0.3) is 5.56 Å². The van der Waals surface area contributed by atoms with Gasteiger partial charge >= 0.3 is 0 Å². The number of rotatable bonds is 7. The zero-order chi connectivity index (χ0) is 22.8. The third-order valence-electron chi connectivity index (χ3n) is 5.36. The molecule has 1 amide bonds. The van der Waals surface area contributed by atoms with E-state index in [-0.39, 0.29) is 16.7 Å². The number of aryl methyl sites for hydroxylation is 2. The highest BCUT2D eigenvalue weighted by molar-refractivity contribution is 7.99. The second-order valence-electron chi connectivity index (χ2n) is 7.75. The Bertz CT molecular complexity index is 1310. The van der Waals surface area contributed by atoms with Crippen LogP contribution in [0.2, 0.25) is 0 Å². The largest absolute Gasteiger partial charge is 0.340 e. The lowest BCUT2D eigenvalue weighted by Gasteiger charge is -2.20. The van der Waals surface area contributed by atoms with E-state index in [0.717, 1.165) is 26.5 Å². The molecule has 0 aliphatic rings. The van der Waals surface area contributed by atoms with Gasteiger partial charge in [0.1, 0.15) is 10.7 Å². The van der Waals surface area contributed by atoms with Gasteiger partial charge in [-0.15, -0.1) is 23.1 Å². The van der Waals surface area contributed by atoms with Gasteiger partial charge in [-0.3, -0.25) is 9.59 Å². The number of thioether (sulfide) groups is 1. The molecule has 9 heteroatoms. The normalized spacial score (nSPS) is 12.2. The van der Waals surface area contributed by atoms with Crippen LogP contribution in [0.1, 0.15) is 28.8 Å². The van der Waals surface area contributed by atoms with E-state index in [1.807, 2.05) is 57.3 Å². The van der Waals surface area contributed by atoms with Crippen LogP contribution in [0.25, 0.3) is 15.9 Å². The van der Waals surface area contributed by atoms with Crippen molar-refractivity contribution >= 4 is 39.2 Å². The van der Waals surface area contributed by atoms with Gasteiger partial charge in [-0.2, -0.15) is 5.10 Å². The van der Waals surface area contributed by atoms with Crippen molar-refractivity contribution in [1.29, 1.82) is 0 Å². The first-order chi connectivity index (χ1) is 15.3. The Hall–Kier alpha value is -2.91. The van der Waals surface area contributed by atoms with Crippen LogP contribution in [-0.2, 0) is 17.1 Å². The van der Waals surface area contributed by atoms with E-state index in [1.54, 1.807) is 22.8 Å². The van der Waals surface area contributed by atoms with E-state index in [1.165, 1.54) is 23.1 Å². The number of benzene rings is 1. The molecule has 0 saturated heterocycles. The molecule has 1 atom stereocenters. The number of para-hydroxylation sites is 1. The first kappa shape index (κ1) is 22.3. The summed E-state index contributed by atoms with van der Waals surface area (Å²) in [6.45, 7) is 6.30. The number of carbonyl (C=O) groups is 1. The lowest BCUT2D eigenvalue weighted by Crippen LogP contribution is -2.32. The Morgan fingerprint density at radius 2 is 2.03 bits per heavy atom. The molecule has 0 aliphatic heterocycles. The summed E-state index contributed by atoms with van der Waals surface area (Å²) in [5, 5.41) is 4.79. The minimum absolute atomic E-state index is 0.0219. The number of carbonyl (C=O) groups excluding carboxylic acids is 1. The summed E-state index contributed by atoms with van der Waals surface area (Å²) in [6, 6.07) is 9.86. The summed E-state index contributed by atoms with van der Waals surface area (Å²) in [7, 11) is 1.79. The van der Waals surface area contributed by atoms with Crippen molar-refractivity contribution in [3.05, 3.63) is 74.9 Å². The van der Waals surface area contributed by atoms with Gasteiger partial charge in [0.2, 0.25) is 5.91 Å². The third-order valence-corrected chi connectivity index (χ3v) is 7.60. The van der Waals surface area contributed by atoms with E-state index >= 15 is 0 Å². The maximum Gasteiger partial charge on any atom is 0.259 e. The Kier molecular flexibility index (Phi) is 6.48. The van der Waals surface area contributed by atoms with Gasteiger partial charge in [0, 0.05) is 30.2 Å². The number of amides is 1. The number of thiophene rings is 1. The lowest BCUT2D eigenvalue weighted by molar-refractivity contribution is -0.129. The summed E-state index contributed by atoms with van der Waals surface area (Å²) in [4.78, 5) is 36.3. The predicted octanol–water partition coefficient (Wildman–Crippen LogP) is 4.07. The van der Waals surface area contributed by atoms with Crippen LogP contribution < -0.4 is 5.56 Å². The highest BCUT2D eigenvalue weighted by Crippen LogP contribution is 2.26. The second-order valence-corrected chi connectivity index (χ2v) is 10.3. The molecule has 1 N–H and O–H groups in total. The van der Waals surface area contributed by atoms with Crippen molar-refractivity contribution in [1.82, 2.24) is 24.6 Å². The zero-order valence-electron chi connectivity index (χ0n) is 18.5. The topological polar surface area (TPSA) is 83.9 Å². The smallest absolute Gasteiger partial charge is 0.259 e. The number of fused-ring (bicyclic) bond motifs is 1. The Morgan fingerprint density at radius 1 is 1.28 bits per heavy atom. The lowest BCUT2D eigenvalue weighted by atomic mass is 10.2. The maximum atomic E-state index is 12.9. The van der Waals surface area contributed by atoms with Crippen LogP contribution in [0.3, 0.4) is 0 Å². The third kappa shape index (κ3) is 4.63. The molecule has 1 unspecified atom stereocenters. The van der Waals surface area contributed by atoms with E-state index in [2.05, 4.69) is 15.1 Å². The van der Waals surface area contributed by atoms with E-state index in [0.29, 0.717) is 23.5 Å². The molecule has 4 aromatic rings. The fraction of sp³-hybridized carbons (Fsp3) is 0.304. The molecule has 32 heavy (non-hydrogen) atoms. The summed E-state index contributed by atoms with van der Waals surface area (Å²) in [5.74, 6) is 1.09. The van der Waals surface area contributed by atoms with Crippen LogP contribution in [0, 0.1) is 13.8 Å². The number of nitrogens with zero attached hydrogens (tertiary/aromatic N) is 4. The van der Waals surface area contributed by atoms with Gasteiger partial charge in [0.15, 0.2) is 0 Å². The van der Waals surface area contributed by atoms with E-state index in [9.17, 15) is 9.59 Å². The average Bonchev–Trinajstić information content (AvgIpc) is 3.36. The summed E-state index contributed by atoms with van der Waals surface area (Å²) in [5.41, 5.74) is 2.81. The molecule has 0 aliphatic carbocycles. The molecule has 0 bridgehead atoms. The first-order valence-electron chi connectivity index (χ1n) is 10.3. The van der Waals surface area contributed by atoms with Gasteiger partial charge in [-0.05, 0) is 38.5 Å². The summed E-state index contributed by atoms with van der Waals surface area (Å²) in [6.07, 6.45) is 3.72. The number of hydrogen-bond donors (Lipinski definition) is 1. The minimum atomic E-state index is -0.267. The van der Waals surface area contributed by atoms with Crippen molar-refractivity contribution in [3.63, 3.8) is 0 Å². The number of hydrogen-bond acceptors (Lipinski definition) is 6. The number of aromatic nitrogens is 4. The van der Waals surface area contributed by atoms with Crippen LogP contribution in [0.15, 0.2) is 47.5 Å². The Morgan fingerprint density at radius 3 is 2.78 bits per heavy atom. The summed E-state index contributed by atoms with van der Waals surface area (Å²) < 4.78 is 1.80. The molecule has 3 heterocycles. The Labute approximate surface area is 194 Å². The molecular weight excluding hydrogens is 442 g/mol. The highest BCUT2D eigenvalue weighted by Gasteiger charge is 2.20. The van der Waals surface area contributed by atoms with Gasteiger partial charge in [-0.25, -0.2) is 9.67 Å². The fourth-order valence-corrected chi connectivity index (χ4v) is 5.38. The highest BCUT2D eigenvalue weighted by atomic mass is 32.2. The maximum absolute atomic E-state index is 12.9. The molecule has 3 aromatic heterocycles. The first-order valence-corrected chi connectivity index (χ1v) is 12.1. The van der Waals surface area contributed by atoms with Crippen molar-refractivity contribution in [2.24, 2.45) is 0 Å². The number of aromatic amines is 1. The fourth-order valence-electron chi connectivity index (χ4n) is 3.47. The molecule has 0 radical (unpaired) electrons. The second kappa shape index (κ2) is 9.30. The van der Waals surface area contributed by atoms with E-state index < -0.39 is 0 Å². The number of nitrogens with one attached hydrogen (secondary N) is 1. The SMILES string of the molecule is Cc1sc2nc(CSC(C)C(=O)N(C)Cc3cnn(-c4ccccc4)c3)[nH]c(=O)c2c1C. The van der Waals surface area contributed by atoms with E-state index in [4.69, 9.17) is 0 Å². The van der Waals surface area contributed by atoms with Crippen LogP contribution in [0.4, 0.5) is 0 Å². The average molecular weight is 468 g/mol. The van der Waals surface area contributed by atoms with Crippen molar-refractivity contribution in [2.75, 3.05) is 7.05 Å². The number of H-pyrrole nitrogens is 1. The van der Waals surface area contributed by atoms with Crippen LogP contribution >= 0.6 is 23.1 Å². The summed E-state index contributed by atoms with van der Waals surface area (Å²) >= 11 is 3.00. The van der Waals surface area contributed by atoms with Crippen molar-refractivity contribution in [2.45, 2.75) is 38.3 Å². The quantitative estimate of drug-likeness (QED) is 0.443. The van der Waals surface area contributed by atoms with Gasteiger partial charge in [0.05, 0.1) is 28.3 Å². The van der Waals surface area contributed by atoms with Gasteiger partial charge in [-0.1, -0.05) is 18.2 Å². The van der Waals surface area contributed by atoms with Crippen LogP contribution in [0.5, 0.6) is 0 Å². The molecule has 166 valence electrons. The molecular formula is C23H25N5O2S2. The molecule has 1 aromatic carbocycles. The minimum Gasteiger partial charge on any atom is -0.340 e. The molecule has 4 rings (SSSR count). The van der Waals surface area contributed by atoms with Gasteiger partial charge < -0.3 is 9.88 Å². The van der Waals surface area contributed by atoms with Crippen molar-refractivity contribution in [3.8, 4) is 5.69 Å². The molecule has 7 nitrogen and oxygen atoms in total. The molecule has 0 spiro atoms. The molecule has 0 saturated carbocycles. The zero-order valence-corrected chi connectivity index (χ0v) is 20.1. The standard InChI is InChI=1S/C23H25N5O2S2/c1-14-15(2)32-22-20(14)21(29)25-19(26-22)13-31-16(3)23(30)27(4)11-17-10-24-28(12-17)18-8-6-5-7-9-18/h5-10,12,16H,11,13H2,1-4H3,(H,25,26,29).